The number of methoxy groups -OCH3 is 2. The average Bonchev–Trinajstić information content (AvgIpc) is 2.49. The van der Waals surface area contributed by atoms with Crippen LogP contribution in [0.5, 0.6) is 23.0 Å². The minimum absolute atomic E-state index is 0. The quantitative estimate of drug-likeness (QED) is 0.512. The van der Waals surface area contributed by atoms with Crippen LogP contribution in [-0.2, 0) is 0 Å². The van der Waals surface area contributed by atoms with Gasteiger partial charge < -0.3 is 35.8 Å². The molecule has 0 aliphatic heterocycles. The molecule has 0 fully saturated rings. The maximum atomic E-state index is 11.7. The van der Waals surface area contributed by atoms with Gasteiger partial charge in [0.1, 0.15) is 23.0 Å². The zero-order chi connectivity index (χ0) is 14.4. The fourth-order valence-corrected chi connectivity index (χ4v) is 2.09. The normalized spacial score (nSPS) is 9.27. The molecule has 0 heterocycles. The summed E-state index contributed by atoms with van der Waals surface area (Å²) >= 11 is 0. The van der Waals surface area contributed by atoms with Gasteiger partial charge in [0.15, 0.2) is 0 Å². The third kappa shape index (κ3) is 6.46. The van der Waals surface area contributed by atoms with Gasteiger partial charge >= 0.3 is 23.1 Å². The second kappa shape index (κ2) is 10.8. The number of benzene rings is 2. The summed E-state index contributed by atoms with van der Waals surface area (Å²) in [5, 5.41) is 0. The van der Waals surface area contributed by atoms with Gasteiger partial charge in [-0.05, 0) is 48.5 Å². The molecule has 0 spiro atoms. The van der Waals surface area contributed by atoms with Crippen LogP contribution in [0.2, 0.25) is 0 Å². The van der Waals surface area contributed by atoms with Crippen molar-refractivity contribution in [2.45, 2.75) is 0 Å². The molecule has 22 heavy (non-hydrogen) atoms. The van der Waals surface area contributed by atoms with Crippen molar-refractivity contribution in [1.29, 1.82) is 0 Å². The molecule has 0 aliphatic carbocycles. The van der Waals surface area contributed by atoms with Crippen LogP contribution < -0.4 is 35.8 Å². The van der Waals surface area contributed by atoms with Crippen LogP contribution in [0.1, 0.15) is 0 Å². The second-order valence-corrected chi connectivity index (χ2v) is 4.57. The Morgan fingerprint density at radius 2 is 0.955 bits per heavy atom. The van der Waals surface area contributed by atoms with Crippen LogP contribution in [0.3, 0.4) is 0 Å². The molecule has 0 aliphatic rings. The molecule has 0 radical (unpaired) electrons. The predicted octanol–water partition coefficient (Wildman–Crippen LogP) is -0.628. The van der Waals surface area contributed by atoms with Gasteiger partial charge in [-0.25, -0.2) is 0 Å². The molecule has 0 bridgehead atoms. The summed E-state index contributed by atoms with van der Waals surface area (Å²) in [4.78, 5) is 11.7. The van der Waals surface area contributed by atoms with E-state index in [1.807, 2.05) is 0 Å². The van der Waals surface area contributed by atoms with Gasteiger partial charge in [0, 0.05) is 0 Å². The summed E-state index contributed by atoms with van der Waals surface area (Å²) in [6.45, 7) is 0. The van der Waals surface area contributed by atoms with Crippen molar-refractivity contribution in [1.82, 2.24) is 0 Å². The molecular weight excluding hydrogens is 339 g/mol. The Balaban J connectivity index is 0.00000220. The van der Waals surface area contributed by atoms with E-state index in [0.717, 1.165) is 0 Å². The van der Waals surface area contributed by atoms with Crippen LogP contribution in [0.15, 0.2) is 48.5 Å². The largest absolute Gasteiger partial charge is 2.00 e. The van der Waals surface area contributed by atoms with Crippen molar-refractivity contribution in [2.24, 2.45) is 0 Å². The Bertz CT molecular complexity index is 488. The van der Waals surface area contributed by atoms with Gasteiger partial charge in [0.2, 0.25) is 8.60 Å². The molecule has 2 aromatic carbocycles. The fraction of sp³-hybridized carbons (Fsp3) is 0.143. The summed E-state index contributed by atoms with van der Waals surface area (Å²) in [7, 11) is 0.853. The van der Waals surface area contributed by atoms with Gasteiger partial charge in [0.25, 0.3) is 0 Å². The van der Waals surface area contributed by atoms with Gasteiger partial charge in [-0.2, -0.15) is 0 Å². The summed E-state index contributed by atoms with van der Waals surface area (Å²) in [5.74, 6) is 2.29. The maximum Gasteiger partial charge on any atom is 2.00 e. The Morgan fingerprint density at radius 3 is 1.23 bits per heavy atom. The van der Waals surface area contributed by atoms with E-state index in [1.165, 1.54) is 0 Å². The van der Waals surface area contributed by atoms with Crippen LogP contribution in [0, 0.1) is 0 Å². The first kappa shape index (κ1) is 21.1. The smallest absolute Gasteiger partial charge is 1.00 e. The van der Waals surface area contributed by atoms with Gasteiger partial charge in [-0.1, -0.05) is 0 Å². The molecule has 5 nitrogen and oxygen atoms in total. The first-order valence-electron chi connectivity index (χ1n) is 5.82. The van der Waals surface area contributed by atoms with Gasteiger partial charge in [-0.15, -0.1) is 0 Å². The monoisotopic (exact) mass is 352 g/mol. The van der Waals surface area contributed by atoms with Crippen molar-refractivity contribution in [3.8, 4) is 23.0 Å². The van der Waals surface area contributed by atoms with E-state index in [2.05, 4.69) is 0 Å². The Morgan fingerprint density at radius 1 is 0.682 bits per heavy atom. The van der Waals surface area contributed by atoms with E-state index >= 15 is 0 Å². The van der Waals surface area contributed by atoms with E-state index in [0.29, 0.717) is 23.0 Å². The standard InChI is InChI=1S/C14H14O5P.ClH.Mg/c1-16-11-3-7-13(8-4-11)18-20(15)19-14-9-5-12(17-2)6-10-14;;/h3-10H,1-2H3;1H;/q-1;;+2/p-1. The number of hydrogen-bond donors (Lipinski definition) is 0. The van der Waals surface area contributed by atoms with Crippen LogP contribution in [-0.4, -0.2) is 37.3 Å². The molecule has 0 saturated carbocycles. The molecule has 114 valence electrons. The van der Waals surface area contributed by atoms with Crippen LogP contribution >= 0.6 is 8.60 Å². The minimum Gasteiger partial charge on any atom is -1.00 e. The maximum absolute atomic E-state index is 11.7. The van der Waals surface area contributed by atoms with Crippen LogP contribution in [0.4, 0.5) is 0 Å². The zero-order valence-electron chi connectivity index (χ0n) is 12.2. The molecule has 0 aromatic heterocycles. The summed E-state index contributed by atoms with van der Waals surface area (Å²) in [6.07, 6.45) is 0. The molecular formula is C14H14ClMgO5P. The fourth-order valence-electron chi connectivity index (χ4n) is 1.46. The zero-order valence-corrected chi connectivity index (χ0v) is 15.3. The molecule has 0 unspecified atom stereocenters. The minimum atomic E-state index is -2.29. The third-order valence-corrected chi connectivity index (χ3v) is 3.20. The molecule has 0 N–H and O–H groups in total. The average molecular weight is 353 g/mol. The first-order chi connectivity index (χ1) is 9.71. The molecule has 2 rings (SSSR count). The Hall–Kier alpha value is -0.914. The van der Waals surface area contributed by atoms with E-state index in [4.69, 9.17) is 18.5 Å². The number of rotatable bonds is 6. The molecule has 8 heteroatoms. The van der Waals surface area contributed by atoms with E-state index < -0.39 is 8.60 Å². The first-order valence-corrected chi connectivity index (χ1v) is 6.92. The Kier molecular flexibility index (Phi) is 10.3. The topological polar surface area (TPSA) is 60.0 Å². The number of halogens is 1. The number of hydrogen-bond acceptors (Lipinski definition) is 5. The summed E-state index contributed by atoms with van der Waals surface area (Å²) < 4.78 is 20.4. The Labute approximate surface area is 153 Å². The third-order valence-electron chi connectivity index (χ3n) is 2.48. The summed E-state index contributed by atoms with van der Waals surface area (Å²) in [6, 6.07) is 13.5. The van der Waals surface area contributed by atoms with E-state index in [1.54, 1.807) is 62.8 Å². The van der Waals surface area contributed by atoms with Gasteiger partial charge in [-0.3, -0.25) is 0 Å². The van der Waals surface area contributed by atoms with Crippen molar-refractivity contribution in [2.75, 3.05) is 14.2 Å². The van der Waals surface area contributed by atoms with Crippen molar-refractivity contribution in [3.05, 3.63) is 48.5 Å². The molecule has 2 aromatic rings. The van der Waals surface area contributed by atoms with E-state index in [-0.39, 0.29) is 35.5 Å². The van der Waals surface area contributed by atoms with Crippen LogP contribution in [0.25, 0.3) is 0 Å². The molecule has 0 atom stereocenters. The SMILES string of the molecule is COc1ccc(OP([O-])Oc2ccc(OC)cc2)cc1.[Cl-].[Mg+2]. The summed E-state index contributed by atoms with van der Waals surface area (Å²) in [5.41, 5.74) is 0. The van der Waals surface area contributed by atoms with E-state index in [9.17, 15) is 4.89 Å². The van der Waals surface area contributed by atoms with Crippen molar-refractivity contribution >= 4 is 31.7 Å². The molecule has 0 amide bonds. The van der Waals surface area contributed by atoms with Crippen molar-refractivity contribution < 1.29 is 35.8 Å². The second-order valence-electron chi connectivity index (χ2n) is 3.76. The van der Waals surface area contributed by atoms with Crippen molar-refractivity contribution in [3.63, 3.8) is 0 Å². The predicted molar refractivity (Wildman–Crippen MR) is 79.9 cm³/mol. The number of ether oxygens (including phenoxy) is 2. The molecule has 0 saturated heterocycles. The van der Waals surface area contributed by atoms with Gasteiger partial charge in [0.05, 0.1) is 14.2 Å².